The highest BCUT2D eigenvalue weighted by Crippen LogP contribution is 2.20. The van der Waals surface area contributed by atoms with E-state index in [-0.39, 0.29) is 17.2 Å². The zero-order valence-electron chi connectivity index (χ0n) is 14.3. The maximum Gasteiger partial charge on any atom is 0.369 e. The summed E-state index contributed by atoms with van der Waals surface area (Å²) in [5.74, 6) is 0.910. The first-order chi connectivity index (χ1) is 12.5. The van der Waals surface area contributed by atoms with Gasteiger partial charge in [-0.05, 0) is 45.7 Å². The number of aromatic nitrogens is 4. The van der Waals surface area contributed by atoms with Gasteiger partial charge >= 0.3 is 3.18 Å². The molecule has 0 saturated carbocycles. The zero-order chi connectivity index (χ0) is 21.1. The zero-order valence-corrected chi connectivity index (χ0v) is 23.7. The number of methoxy groups -OCH3 is 1. The Hall–Kier alpha value is 1.12. The molecule has 2 aromatic heterocycles. The third kappa shape index (κ3) is 12.7. The van der Waals surface area contributed by atoms with Crippen LogP contribution in [0.5, 0.6) is 0 Å². The number of nitrogens with zero attached hydrogens (tertiary/aromatic N) is 4. The van der Waals surface area contributed by atoms with Crippen LogP contribution in [0.3, 0.4) is 0 Å². The van der Waals surface area contributed by atoms with Gasteiger partial charge < -0.3 is 9.84 Å². The molecule has 0 radical (unpaired) electrons. The minimum atomic E-state index is -0.141. The molecule has 0 atom stereocenters. The molecule has 0 aromatic carbocycles. The molecular weight excluding hydrogens is 737 g/mol. The van der Waals surface area contributed by atoms with Crippen LogP contribution >= 0.6 is 102 Å². The van der Waals surface area contributed by atoms with Gasteiger partial charge in [-0.2, -0.15) is 0 Å². The van der Waals surface area contributed by atoms with Crippen molar-refractivity contribution in [2.45, 2.75) is 34.5 Å². The van der Waals surface area contributed by atoms with E-state index in [1.165, 1.54) is 0 Å². The van der Waals surface area contributed by atoms with Crippen LogP contribution in [-0.4, -0.2) is 35.3 Å². The summed E-state index contributed by atoms with van der Waals surface area (Å²) in [5, 5.41) is 9.46. The number of ether oxygens (including phenoxy) is 1. The van der Waals surface area contributed by atoms with Crippen molar-refractivity contribution >= 4 is 106 Å². The van der Waals surface area contributed by atoms with E-state index in [1.54, 1.807) is 14.0 Å². The topological polar surface area (TPSA) is 81.0 Å². The summed E-state index contributed by atoms with van der Waals surface area (Å²) in [6, 6.07) is 0. The molecule has 1 N–H and O–H groups in total. The standard InChI is InChI=1S/C7H8Cl2N2O.C6H6Br2N2O.CH4.BBr3/c1-4-6(8)10-5(3-12-2)11-7(4)9;1-3-5(7)9-4(2-11)10-6(3)8;;2-1(3)4/h3H2,1-2H3;11H,2H2,1H3;1H4;. The number of aliphatic hydroxyl groups excluding tert-OH is 1. The van der Waals surface area contributed by atoms with Crippen molar-refractivity contribution in [1.82, 2.24) is 19.9 Å². The van der Waals surface area contributed by atoms with Crippen LogP contribution in [0.25, 0.3) is 0 Å². The number of rotatable bonds is 3. The highest BCUT2D eigenvalue weighted by atomic mass is 79.9. The van der Waals surface area contributed by atoms with Crippen LogP contribution in [0.15, 0.2) is 9.21 Å². The van der Waals surface area contributed by atoms with E-state index in [0.29, 0.717) is 43.3 Å². The van der Waals surface area contributed by atoms with E-state index in [4.69, 9.17) is 33.0 Å². The van der Waals surface area contributed by atoms with E-state index in [0.717, 1.165) is 5.56 Å². The lowest BCUT2D eigenvalue weighted by molar-refractivity contribution is 0.177. The van der Waals surface area contributed by atoms with Gasteiger partial charge in [0.2, 0.25) is 0 Å². The Balaban J connectivity index is 0. The minimum Gasteiger partial charge on any atom is -0.388 e. The molecule has 0 spiro atoms. The van der Waals surface area contributed by atoms with Gasteiger partial charge in [-0.1, -0.05) is 30.6 Å². The van der Waals surface area contributed by atoms with Crippen LogP contribution in [0.4, 0.5) is 0 Å². The quantitative estimate of drug-likeness (QED) is 0.274. The molecule has 0 bridgehead atoms. The molecule has 2 heterocycles. The van der Waals surface area contributed by atoms with Gasteiger partial charge in [-0.3, -0.25) is 0 Å². The molecule has 28 heavy (non-hydrogen) atoms. The number of aliphatic hydroxyl groups is 1. The first-order valence-corrected chi connectivity index (χ1v) is 12.0. The summed E-state index contributed by atoms with van der Waals surface area (Å²) in [6.45, 7) is 3.83. The highest BCUT2D eigenvalue weighted by Gasteiger charge is 2.06. The first-order valence-electron chi connectivity index (χ1n) is 6.92. The van der Waals surface area contributed by atoms with Gasteiger partial charge in [-0.15, -0.1) is 47.3 Å². The van der Waals surface area contributed by atoms with Gasteiger partial charge in [-0.25, -0.2) is 19.9 Å². The van der Waals surface area contributed by atoms with E-state index in [9.17, 15) is 0 Å². The highest BCUT2D eigenvalue weighted by molar-refractivity contribution is 9.69. The summed E-state index contributed by atoms with van der Waals surface area (Å²) in [7, 11) is 1.56. The number of halogens is 7. The summed E-state index contributed by atoms with van der Waals surface area (Å²) >= 11 is 27.3. The lowest BCUT2D eigenvalue weighted by Gasteiger charge is -2.02. The molecule has 0 amide bonds. The van der Waals surface area contributed by atoms with Crippen LogP contribution in [0.1, 0.15) is 30.2 Å². The second-order valence-electron chi connectivity index (χ2n) is 4.53. The van der Waals surface area contributed by atoms with Gasteiger partial charge in [0, 0.05) is 18.2 Å². The maximum atomic E-state index is 8.71. The summed E-state index contributed by atoms with van der Waals surface area (Å²) in [5.41, 5.74) is 1.63. The van der Waals surface area contributed by atoms with Crippen LogP contribution in [-0.2, 0) is 18.0 Å². The van der Waals surface area contributed by atoms with Crippen molar-refractivity contribution in [1.29, 1.82) is 0 Å². The molecule has 0 saturated heterocycles. The smallest absolute Gasteiger partial charge is 0.369 e. The normalized spacial score (nSPS) is 9.39. The molecule has 0 fully saturated rings. The Bertz CT molecular complexity index is 698. The van der Waals surface area contributed by atoms with Crippen molar-refractivity contribution in [3.05, 3.63) is 42.3 Å². The molecule has 2 rings (SSSR count). The van der Waals surface area contributed by atoms with Crippen molar-refractivity contribution < 1.29 is 9.84 Å². The molecule has 0 aliphatic heterocycles. The van der Waals surface area contributed by atoms with Gasteiger partial charge in [0.1, 0.15) is 32.7 Å². The van der Waals surface area contributed by atoms with Crippen molar-refractivity contribution in [2.75, 3.05) is 7.11 Å². The molecule has 0 aliphatic carbocycles. The van der Waals surface area contributed by atoms with Crippen LogP contribution < -0.4 is 0 Å². The molecule has 14 heteroatoms. The van der Waals surface area contributed by atoms with E-state index in [2.05, 4.69) is 99.1 Å². The summed E-state index contributed by atoms with van der Waals surface area (Å²) in [6.07, 6.45) is 0. The summed E-state index contributed by atoms with van der Waals surface area (Å²) < 4.78 is 6.53. The molecule has 0 unspecified atom stereocenters. The van der Waals surface area contributed by atoms with Crippen molar-refractivity contribution in [2.24, 2.45) is 0 Å². The summed E-state index contributed by atoms with van der Waals surface area (Å²) in [4.78, 5) is 15.9. The average Bonchev–Trinajstić information content (AvgIpc) is 2.57. The first kappa shape index (κ1) is 31.3. The average molecular weight is 756 g/mol. The number of hydrogen-bond acceptors (Lipinski definition) is 6. The fourth-order valence-corrected chi connectivity index (χ4v) is 2.75. The molecule has 0 aliphatic rings. The van der Waals surface area contributed by atoms with Gasteiger partial charge in [0.05, 0.1) is 0 Å². The fraction of sp³-hybridized carbons (Fsp3) is 0.429. The largest absolute Gasteiger partial charge is 0.388 e. The minimum absolute atomic E-state index is 0. The monoisotopic (exact) mass is 750 g/mol. The van der Waals surface area contributed by atoms with E-state index < -0.39 is 0 Å². The number of hydrogen-bond donors (Lipinski definition) is 1. The second kappa shape index (κ2) is 16.8. The Morgan fingerprint density at radius 3 is 1.61 bits per heavy atom. The Morgan fingerprint density at radius 1 is 0.893 bits per heavy atom. The van der Waals surface area contributed by atoms with Crippen LogP contribution in [0.2, 0.25) is 10.3 Å². The molecule has 6 nitrogen and oxygen atoms in total. The van der Waals surface area contributed by atoms with Gasteiger partial charge in [0.25, 0.3) is 0 Å². The lowest BCUT2D eigenvalue weighted by Crippen LogP contribution is -1.99. The Morgan fingerprint density at radius 2 is 1.29 bits per heavy atom. The van der Waals surface area contributed by atoms with Gasteiger partial charge in [0.15, 0.2) is 11.6 Å². The van der Waals surface area contributed by atoms with E-state index in [1.807, 2.05) is 6.92 Å². The van der Waals surface area contributed by atoms with E-state index >= 15 is 0 Å². The predicted molar refractivity (Wildman–Crippen MR) is 135 cm³/mol. The Labute approximate surface area is 217 Å². The third-order valence-electron chi connectivity index (χ3n) is 2.56. The molecular formula is C14H18BBr5Cl2N4O2. The maximum absolute atomic E-state index is 8.71. The lowest BCUT2D eigenvalue weighted by atomic mass is 10.4. The SMILES string of the molecule is BrB(Br)Br.C.COCc1nc(Cl)c(C)c(Cl)n1.Cc1c(Br)nc(CO)nc1Br. The molecule has 158 valence electrons. The molecule has 2 aromatic rings. The van der Waals surface area contributed by atoms with Crippen molar-refractivity contribution in [3.63, 3.8) is 0 Å². The second-order valence-corrected chi connectivity index (χ2v) is 13.2. The van der Waals surface area contributed by atoms with Crippen LogP contribution in [0, 0.1) is 13.8 Å². The predicted octanol–water partition coefficient (Wildman–Crippen LogP) is 6.83. The van der Waals surface area contributed by atoms with Crippen molar-refractivity contribution in [3.8, 4) is 0 Å². The Kier molecular flexibility index (Phi) is 18.8. The fourth-order valence-electron chi connectivity index (χ4n) is 1.27. The third-order valence-corrected chi connectivity index (χ3v) is 4.84.